The monoisotopic (exact) mass is 343 g/mol. The van der Waals surface area contributed by atoms with E-state index in [0.29, 0.717) is 28.8 Å². The van der Waals surface area contributed by atoms with Crippen molar-refractivity contribution in [3.63, 3.8) is 0 Å². The number of carbonyl (C=O) groups excluding carboxylic acids is 1. The van der Waals surface area contributed by atoms with E-state index in [9.17, 15) is 9.59 Å². The molecule has 0 bridgehead atoms. The van der Waals surface area contributed by atoms with E-state index < -0.39 is 11.9 Å². The Hall–Kier alpha value is -1.60. The molecule has 0 spiro atoms. The van der Waals surface area contributed by atoms with Gasteiger partial charge in [-0.05, 0) is 42.2 Å². The van der Waals surface area contributed by atoms with Crippen molar-refractivity contribution in [1.29, 1.82) is 0 Å². The van der Waals surface area contributed by atoms with Crippen molar-refractivity contribution in [2.75, 3.05) is 38.6 Å². The molecule has 1 amide bonds. The van der Waals surface area contributed by atoms with Gasteiger partial charge in [0.05, 0.1) is 11.3 Å². The largest absolute Gasteiger partial charge is 0.480 e. The zero-order valence-electron chi connectivity index (χ0n) is 11.5. The van der Waals surface area contributed by atoms with Gasteiger partial charge in [-0.15, -0.1) is 0 Å². The first-order chi connectivity index (χ1) is 9.32. The first kappa shape index (κ1) is 16.5. The number of anilines is 1. The number of carboxylic acid groups (broad SMARTS) is 1. The molecular formula is C13H18BrN3O3. The molecule has 110 valence electrons. The van der Waals surface area contributed by atoms with Gasteiger partial charge in [0.1, 0.15) is 6.54 Å². The lowest BCUT2D eigenvalue weighted by atomic mass is 10.1. The van der Waals surface area contributed by atoms with Crippen LogP contribution in [0.3, 0.4) is 0 Å². The molecular weight excluding hydrogens is 326 g/mol. The molecule has 0 aliphatic carbocycles. The maximum Gasteiger partial charge on any atom is 0.323 e. The van der Waals surface area contributed by atoms with E-state index in [1.807, 2.05) is 19.0 Å². The minimum Gasteiger partial charge on any atom is -0.480 e. The number of carbonyl (C=O) groups is 2. The third-order valence-electron chi connectivity index (χ3n) is 2.72. The van der Waals surface area contributed by atoms with Crippen molar-refractivity contribution in [3.05, 3.63) is 28.2 Å². The Bertz CT molecular complexity index is 506. The molecule has 0 saturated heterocycles. The third-order valence-corrected chi connectivity index (χ3v) is 3.38. The fourth-order valence-corrected chi connectivity index (χ4v) is 2.34. The highest BCUT2D eigenvalue weighted by molar-refractivity contribution is 9.10. The number of primary amides is 1. The summed E-state index contributed by atoms with van der Waals surface area (Å²) in [6, 6.07) is 5.15. The average molecular weight is 344 g/mol. The van der Waals surface area contributed by atoms with Crippen molar-refractivity contribution in [1.82, 2.24) is 4.90 Å². The van der Waals surface area contributed by atoms with Gasteiger partial charge in [-0.2, -0.15) is 0 Å². The van der Waals surface area contributed by atoms with E-state index in [-0.39, 0.29) is 6.54 Å². The van der Waals surface area contributed by atoms with Gasteiger partial charge in [-0.3, -0.25) is 9.59 Å². The van der Waals surface area contributed by atoms with E-state index in [4.69, 9.17) is 10.8 Å². The molecule has 1 aromatic carbocycles. The van der Waals surface area contributed by atoms with Crippen LogP contribution in [0.2, 0.25) is 0 Å². The summed E-state index contributed by atoms with van der Waals surface area (Å²) < 4.78 is 0.558. The Morgan fingerprint density at radius 2 is 1.95 bits per heavy atom. The fraction of sp³-hybridized carbons (Fsp3) is 0.385. The van der Waals surface area contributed by atoms with E-state index in [1.165, 1.54) is 0 Å². The van der Waals surface area contributed by atoms with Gasteiger partial charge in [-0.1, -0.05) is 6.07 Å². The number of nitrogens with two attached hydrogens (primary N) is 1. The predicted molar refractivity (Wildman–Crippen MR) is 81.1 cm³/mol. The quantitative estimate of drug-likeness (QED) is 0.771. The molecule has 7 heteroatoms. The third kappa shape index (κ3) is 4.50. The number of aliphatic carboxylic acids is 1. The van der Waals surface area contributed by atoms with Gasteiger partial charge in [-0.25, -0.2) is 0 Å². The number of carboxylic acids is 1. The van der Waals surface area contributed by atoms with Crippen LogP contribution in [0.15, 0.2) is 22.7 Å². The molecule has 20 heavy (non-hydrogen) atoms. The lowest BCUT2D eigenvalue weighted by Crippen LogP contribution is -2.37. The number of rotatable bonds is 7. The second-order valence-corrected chi connectivity index (χ2v) is 5.47. The Labute approximate surface area is 126 Å². The van der Waals surface area contributed by atoms with E-state index in [1.54, 1.807) is 23.1 Å². The van der Waals surface area contributed by atoms with E-state index in [2.05, 4.69) is 15.9 Å². The molecule has 6 nitrogen and oxygen atoms in total. The van der Waals surface area contributed by atoms with Gasteiger partial charge < -0.3 is 20.6 Å². The van der Waals surface area contributed by atoms with Crippen LogP contribution in [0.4, 0.5) is 5.69 Å². The molecule has 0 radical (unpaired) electrons. The van der Waals surface area contributed by atoms with Gasteiger partial charge in [0.2, 0.25) is 0 Å². The minimum absolute atomic E-state index is 0.190. The first-order valence-corrected chi connectivity index (χ1v) is 6.82. The van der Waals surface area contributed by atoms with Crippen LogP contribution >= 0.6 is 15.9 Å². The van der Waals surface area contributed by atoms with Crippen LogP contribution in [0.25, 0.3) is 0 Å². The SMILES string of the molecule is CN(C)CCN(CC(=O)O)c1cccc(Br)c1C(N)=O. The summed E-state index contributed by atoms with van der Waals surface area (Å²) in [5.74, 6) is -1.55. The molecule has 1 aromatic rings. The molecule has 0 atom stereocenters. The molecule has 0 fully saturated rings. The first-order valence-electron chi connectivity index (χ1n) is 6.02. The number of likely N-dealkylation sites (N-methyl/N-ethyl adjacent to an activating group) is 1. The molecule has 1 rings (SSSR count). The number of benzene rings is 1. The van der Waals surface area contributed by atoms with Crippen molar-refractivity contribution < 1.29 is 14.7 Å². The summed E-state index contributed by atoms with van der Waals surface area (Å²) in [6.45, 7) is 0.957. The normalized spacial score (nSPS) is 10.6. The Morgan fingerprint density at radius 3 is 2.45 bits per heavy atom. The second kappa shape index (κ2) is 7.25. The van der Waals surface area contributed by atoms with Crippen LogP contribution in [-0.4, -0.2) is 55.6 Å². The van der Waals surface area contributed by atoms with Crippen LogP contribution in [-0.2, 0) is 4.79 Å². The summed E-state index contributed by atoms with van der Waals surface area (Å²) in [5, 5.41) is 9.03. The smallest absolute Gasteiger partial charge is 0.323 e. The van der Waals surface area contributed by atoms with Crippen molar-refractivity contribution in [2.24, 2.45) is 5.73 Å². The van der Waals surface area contributed by atoms with Gasteiger partial charge in [0.25, 0.3) is 5.91 Å². The van der Waals surface area contributed by atoms with Crippen molar-refractivity contribution >= 4 is 33.5 Å². The maximum absolute atomic E-state index is 11.6. The average Bonchev–Trinajstić information content (AvgIpc) is 2.33. The van der Waals surface area contributed by atoms with Gasteiger partial charge in [0, 0.05) is 17.6 Å². The number of halogens is 1. The fourth-order valence-electron chi connectivity index (χ4n) is 1.79. The minimum atomic E-state index is -0.959. The van der Waals surface area contributed by atoms with E-state index >= 15 is 0 Å². The van der Waals surface area contributed by atoms with Crippen LogP contribution in [0.1, 0.15) is 10.4 Å². The lowest BCUT2D eigenvalue weighted by Gasteiger charge is -2.26. The summed E-state index contributed by atoms with van der Waals surface area (Å²) in [5.41, 5.74) is 6.21. The standard InChI is InChI=1S/C13H18BrN3O3/c1-16(2)6-7-17(8-11(18)19)10-5-3-4-9(14)12(10)13(15)20/h3-5H,6-8H2,1-2H3,(H2,15,20)(H,18,19). The topological polar surface area (TPSA) is 86.9 Å². The number of hydrogen-bond donors (Lipinski definition) is 2. The molecule has 3 N–H and O–H groups in total. The summed E-state index contributed by atoms with van der Waals surface area (Å²) >= 11 is 3.28. The molecule has 0 unspecified atom stereocenters. The Balaban J connectivity index is 3.15. The molecule has 0 saturated carbocycles. The summed E-state index contributed by atoms with van der Waals surface area (Å²) in [4.78, 5) is 26.2. The van der Waals surface area contributed by atoms with Gasteiger partial charge >= 0.3 is 5.97 Å². The zero-order valence-corrected chi connectivity index (χ0v) is 13.1. The zero-order chi connectivity index (χ0) is 15.3. The second-order valence-electron chi connectivity index (χ2n) is 4.62. The highest BCUT2D eigenvalue weighted by Crippen LogP contribution is 2.27. The number of nitrogens with zero attached hydrogens (tertiary/aromatic N) is 2. The summed E-state index contributed by atoms with van der Waals surface area (Å²) in [7, 11) is 3.80. The molecule has 0 aliphatic heterocycles. The Kier molecular flexibility index (Phi) is 5.97. The molecule has 0 heterocycles. The number of amides is 1. The van der Waals surface area contributed by atoms with Crippen molar-refractivity contribution in [2.45, 2.75) is 0 Å². The predicted octanol–water partition coefficient (Wildman–Crippen LogP) is 1.00. The molecule has 0 aromatic heterocycles. The molecule has 0 aliphatic rings. The highest BCUT2D eigenvalue weighted by Gasteiger charge is 2.19. The van der Waals surface area contributed by atoms with Crippen molar-refractivity contribution in [3.8, 4) is 0 Å². The Morgan fingerprint density at radius 1 is 1.30 bits per heavy atom. The maximum atomic E-state index is 11.6. The van der Waals surface area contributed by atoms with Crippen LogP contribution in [0, 0.1) is 0 Å². The number of hydrogen-bond acceptors (Lipinski definition) is 4. The highest BCUT2D eigenvalue weighted by atomic mass is 79.9. The van der Waals surface area contributed by atoms with Crippen LogP contribution < -0.4 is 10.6 Å². The lowest BCUT2D eigenvalue weighted by molar-refractivity contribution is -0.135. The van der Waals surface area contributed by atoms with Crippen LogP contribution in [0.5, 0.6) is 0 Å². The van der Waals surface area contributed by atoms with E-state index in [0.717, 1.165) is 0 Å². The van der Waals surface area contributed by atoms with Gasteiger partial charge in [0.15, 0.2) is 0 Å². The summed E-state index contributed by atoms with van der Waals surface area (Å²) in [6.07, 6.45) is 0.